The molecule has 0 amide bonds. The zero-order chi connectivity index (χ0) is 11.2. The van der Waals surface area contributed by atoms with Gasteiger partial charge in [0.25, 0.3) is 0 Å². The molecule has 0 spiro atoms. The van der Waals surface area contributed by atoms with Crippen LogP contribution in [0.5, 0.6) is 0 Å². The molecule has 2 heterocycles. The van der Waals surface area contributed by atoms with E-state index in [9.17, 15) is 0 Å². The number of ether oxygens (including phenoxy) is 1. The highest BCUT2D eigenvalue weighted by Gasteiger charge is 2.24. The first-order chi connectivity index (χ1) is 7.92. The Kier molecular flexibility index (Phi) is 4.25. The van der Waals surface area contributed by atoms with Gasteiger partial charge in [-0.1, -0.05) is 6.92 Å². The number of rotatable bonds is 4. The summed E-state index contributed by atoms with van der Waals surface area (Å²) in [5, 5.41) is 3.53. The molecule has 1 unspecified atom stereocenters. The van der Waals surface area contributed by atoms with Gasteiger partial charge in [0, 0.05) is 37.2 Å². The number of hydrogen-bond donors (Lipinski definition) is 1. The molecule has 2 rings (SSSR count). The second-order valence-electron chi connectivity index (χ2n) is 4.16. The van der Waals surface area contributed by atoms with Crippen molar-refractivity contribution < 1.29 is 4.74 Å². The molecule has 1 N–H and O–H groups in total. The molecular weight excluding hydrogens is 202 g/mol. The average Bonchev–Trinajstić information content (AvgIpc) is 2.38. The van der Waals surface area contributed by atoms with E-state index in [1.54, 1.807) is 6.33 Å². The number of hydrogen-bond acceptors (Lipinski definition) is 4. The Morgan fingerprint density at radius 2 is 2.06 bits per heavy atom. The summed E-state index contributed by atoms with van der Waals surface area (Å²) in [6.45, 7) is 4.85. The Bertz CT molecular complexity index is 298. The van der Waals surface area contributed by atoms with Crippen LogP contribution < -0.4 is 5.32 Å². The lowest BCUT2D eigenvalue weighted by Crippen LogP contribution is -2.32. The molecular formula is C12H19N3O. The maximum absolute atomic E-state index is 5.40. The van der Waals surface area contributed by atoms with E-state index < -0.39 is 0 Å². The molecule has 0 saturated carbocycles. The highest BCUT2D eigenvalue weighted by atomic mass is 16.5. The van der Waals surface area contributed by atoms with Gasteiger partial charge in [-0.2, -0.15) is 0 Å². The molecule has 0 aliphatic carbocycles. The largest absolute Gasteiger partial charge is 0.381 e. The smallest absolute Gasteiger partial charge is 0.115 e. The summed E-state index contributed by atoms with van der Waals surface area (Å²) in [7, 11) is 0. The number of aromatic nitrogens is 2. The third kappa shape index (κ3) is 2.77. The second-order valence-corrected chi connectivity index (χ2v) is 4.16. The predicted octanol–water partition coefficient (Wildman–Crippen LogP) is 1.55. The molecule has 0 bridgehead atoms. The fourth-order valence-corrected chi connectivity index (χ4v) is 2.30. The Morgan fingerprint density at radius 1 is 1.38 bits per heavy atom. The summed E-state index contributed by atoms with van der Waals surface area (Å²) in [5.41, 5.74) is 1.19. The molecule has 1 aromatic rings. The van der Waals surface area contributed by atoms with Crippen molar-refractivity contribution in [3.8, 4) is 0 Å². The van der Waals surface area contributed by atoms with Gasteiger partial charge in [0.05, 0.1) is 0 Å². The van der Waals surface area contributed by atoms with Crippen molar-refractivity contribution in [3.05, 3.63) is 24.3 Å². The fraction of sp³-hybridized carbons (Fsp3) is 0.667. The number of nitrogens with zero attached hydrogens (tertiary/aromatic N) is 2. The lowest BCUT2D eigenvalue weighted by atomic mass is 9.88. The molecule has 1 fully saturated rings. The summed E-state index contributed by atoms with van der Waals surface area (Å²) in [6, 6.07) is 0.370. The Balaban J connectivity index is 2.09. The van der Waals surface area contributed by atoms with Crippen LogP contribution in [0, 0.1) is 5.92 Å². The summed E-state index contributed by atoms with van der Waals surface area (Å²) in [6.07, 6.45) is 7.64. The second kappa shape index (κ2) is 5.92. The van der Waals surface area contributed by atoms with Gasteiger partial charge in [-0.05, 0) is 25.3 Å². The molecule has 1 aliphatic heterocycles. The molecule has 0 aromatic carbocycles. The molecule has 4 heteroatoms. The van der Waals surface area contributed by atoms with Gasteiger partial charge >= 0.3 is 0 Å². The monoisotopic (exact) mass is 221 g/mol. The predicted molar refractivity (Wildman–Crippen MR) is 62.0 cm³/mol. The van der Waals surface area contributed by atoms with E-state index in [1.807, 2.05) is 12.4 Å². The van der Waals surface area contributed by atoms with E-state index in [2.05, 4.69) is 22.2 Å². The van der Waals surface area contributed by atoms with Crippen LogP contribution in [0.15, 0.2) is 18.7 Å². The topological polar surface area (TPSA) is 47.0 Å². The third-order valence-corrected chi connectivity index (χ3v) is 3.10. The molecule has 4 nitrogen and oxygen atoms in total. The zero-order valence-electron chi connectivity index (χ0n) is 9.72. The highest BCUT2D eigenvalue weighted by molar-refractivity contribution is 5.11. The van der Waals surface area contributed by atoms with Gasteiger partial charge in [-0.3, -0.25) is 0 Å². The molecule has 1 aliphatic rings. The van der Waals surface area contributed by atoms with Gasteiger partial charge in [-0.15, -0.1) is 0 Å². The van der Waals surface area contributed by atoms with Crippen molar-refractivity contribution >= 4 is 0 Å². The van der Waals surface area contributed by atoms with E-state index in [1.165, 1.54) is 5.56 Å². The molecule has 1 saturated heterocycles. The van der Waals surface area contributed by atoms with Crippen LogP contribution in [0.4, 0.5) is 0 Å². The summed E-state index contributed by atoms with van der Waals surface area (Å²) in [5.74, 6) is 0.639. The number of nitrogens with one attached hydrogen (secondary N) is 1. The van der Waals surface area contributed by atoms with Crippen molar-refractivity contribution in [2.45, 2.75) is 25.8 Å². The molecule has 1 atom stereocenters. The maximum Gasteiger partial charge on any atom is 0.115 e. The van der Waals surface area contributed by atoms with Gasteiger partial charge in [0.1, 0.15) is 6.33 Å². The maximum atomic E-state index is 5.40. The molecule has 16 heavy (non-hydrogen) atoms. The van der Waals surface area contributed by atoms with E-state index in [0.29, 0.717) is 12.0 Å². The van der Waals surface area contributed by atoms with Crippen molar-refractivity contribution in [1.82, 2.24) is 15.3 Å². The van der Waals surface area contributed by atoms with Crippen LogP contribution in [0.2, 0.25) is 0 Å². The van der Waals surface area contributed by atoms with E-state index in [-0.39, 0.29) is 0 Å². The van der Waals surface area contributed by atoms with Crippen molar-refractivity contribution in [3.63, 3.8) is 0 Å². The van der Waals surface area contributed by atoms with Crippen LogP contribution in [-0.2, 0) is 4.74 Å². The Hall–Kier alpha value is -1.00. The average molecular weight is 221 g/mol. The van der Waals surface area contributed by atoms with E-state index in [0.717, 1.165) is 32.6 Å². The first kappa shape index (κ1) is 11.5. The summed E-state index contributed by atoms with van der Waals surface area (Å²) < 4.78 is 5.40. The lowest BCUT2D eigenvalue weighted by Gasteiger charge is -2.30. The summed E-state index contributed by atoms with van der Waals surface area (Å²) >= 11 is 0. The first-order valence-electron chi connectivity index (χ1n) is 5.98. The zero-order valence-corrected chi connectivity index (χ0v) is 9.72. The van der Waals surface area contributed by atoms with Crippen LogP contribution >= 0.6 is 0 Å². The van der Waals surface area contributed by atoms with Crippen molar-refractivity contribution in [1.29, 1.82) is 0 Å². The van der Waals surface area contributed by atoms with Crippen LogP contribution in [0.1, 0.15) is 31.4 Å². The molecule has 88 valence electrons. The standard InChI is InChI=1S/C12H19N3O/c1-2-15-12(10-3-5-16-6-4-10)11-7-13-9-14-8-11/h7-10,12,15H,2-6H2,1H3. The quantitative estimate of drug-likeness (QED) is 0.838. The minimum atomic E-state index is 0.370. The van der Waals surface area contributed by atoms with Gasteiger partial charge in [0.15, 0.2) is 0 Å². The highest BCUT2D eigenvalue weighted by Crippen LogP contribution is 2.29. The van der Waals surface area contributed by atoms with Crippen molar-refractivity contribution in [2.75, 3.05) is 19.8 Å². The van der Waals surface area contributed by atoms with Crippen LogP contribution in [0.3, 0.4) is 0 Å². The first-order valence-corrected chi connectivity index (χ1v) is 5.98. The Labute approximate surface area is 96.4 Å². The summed E-state index contributed by atoms with van der Waals surface area (Å²) in [4.78, 5) is 8.20. The molecule has 1 aromatic heterocycles. The molecule has 0 radical (unpaired) electrons. The lowest BCUT2D eigenvalue weighted by molar-refractivity contribution is 0.0537. The third-order valence-electron chi connectivity index (χ3n) is 3.10. The fourth-order valence-electron chi connectivity index (χ4n) is 2.30. The van der Waals surface area contributed by atoms with Gasteiger partial charge in [-0.25, -0.2) is 9.97 Å². The minimum Gasteiger partial charge on any atom is -0.381 e. The normalized spacial score (nSPS) is 19.6. The van der Waals surface area contributed by atoms with Crippen LogP contribution in [-0.4, -0.2) is 29.7 Å². The van der Waals surface area contributed by atoms with Gasteiger partial charge < -0.3 is 10.1 Å². The van der Waals surface area contributed by atoms with Crippen LogP contribution in [0.25, 0.3) is 0 Å². The SMILES string of the molecule is CCNC(c1cncnc1)C1CCOCC1. The Morgan fingerprint density at radius 3 is 2.69 bits per heavy atom. The van der Waals surface area contributed by atoms with Crippen molar-refractivity contribution in [2.24, 2.45) is 5.92 Å². The van der Waals surface area contributed by atoms with E-state index in [4.69, 9.17) is 4.74 Å². The minimum absolute atomic E-state index is 0.370. The van der Waals surface area contributed by atoms with Gasteiger partial charge in [0.2, 0.25) is 0 Å². The van der Waals surface area contributed by atoms with E-state index >= 15 is 0 Å².